The molecule has 0 radical (unpaired) electrons. The molecule has 0 rings (SSSR count). The second-order valence-electron chi connectivity index (χ2n) is 8.63. The maximum Gasteiger partial charge on any atom is 0.0701 e. The van der Waals surface area contributed by atoms with Crippen molar-refractivity contribution in [2.75, 3.05) is 119 Å². The Kier molecular flexibility index (Phi) is 35.3. The van der Waals surface area contributed by atoms with E-state index in [1.807, 2.05) is 0 Å². The molecule has 0 saturated carbocycles. The minimum absolute atomic E-state index is 0.543. The molecule has 0 bridgehead atoms. The van der Waals surface area contributed by atoms with Crippen LogP contribution in [0, 0.1) is 0 Å². The first-order chi connectivity index (χ1) is 18.4. The molecule has 0 atom stereocenters. The van der Waals surface area contributed by atoms with Crippen molar-refractivity contribution in [3.63, 3.8) is 0 Å². The van der Waals surface area contributed by atoms with Gasteiger partial charge in [-0.25, -0.2) is 0 Å². The van der Waals surface area contributed by atoms with Gasteiger partial charge in [0.25, 0.3) is 0 Å². The van der Waals surface area contributed by atoms with Crippen LogP contribution in [0.4, 0.5) is 0 Å². The summed E-state index contributed by atoms with van der Waals surface area (Å²) < 4.78 is 49.3. The molecule has 0 aliphatic heterocycles. The van der Waals surface area contributed by atoms with E-state index in [1.165, 1.54) is 32.1 Å². The Bertz CT molecular complexity index is 355. The molecule has 0 saturated heterocycles. The van der Waals surface area contributed by atoms with Gasteiger partial charge in [-0.2, -0.15) is 0 Å². The zero-order valence-corrected chi connectivity index (χ0v) is 24.1. The molecular weight excluding hydrogens is 480 g/mol. The standard InChI is InChI=1S/C28H58O9/c1-3-5-7-8-9-10-12-30-14-16-32-18-20-34-22-24-36-26-28-37-27-25-35-23-21-33-19-17-31-15-13-29-11-6-4-2/h3-28H2,1-2H3. The zero-order chi connectivity index (χ0) is 26.7. The van der Waals surface area contributed by atoms with Gasteiger partial charge in [-0.3, -0.25) is 0 Å². The Hall–Kier alpha value is -0.360. The van der Waals surface area contributed by atoms with Crippen LogP contribution < -0.4 is 0 Å². The fourth-order valence-electron chi connectivity index (χ4n) is 3.09. The summed E-state index contributed by atoms with van der Waals surface area (Å²) >= 11 is 0. The second kappa shape index (κ2) is 35.6. The molecule has 9 heteroatoms. The van der Waals surface area contributed by atoms with E-state index in [0.29, 0.717) is 106 Å². The van der Waals surface area contributed by atoms with Crippen LogP contribution in [0.5, 0.6) is 0 Å². The lowest BCUT2D eigenvalue weighted by molar-refractivity contribution is -0.0250. The molecule has 0 heterocycles. The highest BCUT2D eigenvalue weighted by atomic mass is 16.6. The fraction of sp³-hybridized carbons (Fsp3) is 1.00. The quantitative estimate of drug-likeness (QED) is 0.111. The van der Waals surface area contributed by atoms with E-state index in [1.54, 1.807) is 0 Å². The van der Waals surface area contributed by atoms with E-state index in [2.05, 4.69) is 13.8 Å². The average molecular weight is 539 g/mol. The smallest absolute Gasteiger partial charge is 0.0701 e. The predicted molar refractivity (Wildman–Crippen MR) is 146 cm³/mol. The van der Waals surface area contributed by atoms with Crippen LogP contribution in [0.3, 0.4) is 0 Å². The maximum absolute atomic E-state index is 5.58. The summed E-state index contributed by atoms with van der Waals surface area (Å²) in [7, 11) is 0. The summed E-state index contributed by atoms with van der Waals surface area (Å²) in [6.45, 7) is 15.2. The third-order valence-corrected chi connectivity index (χ3v) is 5.26. The van der Waals surface area contributed by atoms with Crippen molar-refractivity contribution in [3.8, 4) is 0 Å². The van der Waals surface area contributed by atoms with Crippen LogP contribution >= 0.6 is 0 Å². The molecule has 9 nitrogen and oxygen atoms in total. The Morgan fingerprint density at radius 1 is 0.216 bits per heavy atom. The lowest BCUT2D eigenvalue weighted by Gasteiger charge is -2.09. The summed E-state index contributed by atoms with van der Waals surface area (Å²) in [6.07, 6.45) is 9.97. The van der Waals surface area contributed by atoms with Gasteiger partial charge in [0.05, 0.1) is 106 Å². The largest absolute Gasteiger partial charge is 0.379 e. The van der Waals surface area contributed by atoms with E-state index in [4.69, 9.17) is 42.6 Å². The van der Waals surface area contributed by atoms with Crippen molar-refractivity contribution >= 4 is 0 Å². The van der Waals surface area contributed by atoms with Crippen LogP contribution in [-0.4, -0.2) is 119 Å². The number of hydrogen-bond donors (Lipinski definition) is 0. The maximum atomic E-state index is 5.58. The monoisotopic (exact) mass is 538 g/mol. The predicted octanol–water partition coefficient (Wildman–Crippen LogP) is 4.30. The Morgan fingerprint density at radius 2 is 0.432 bits per heavy atom. The van der Waals surface area contributed by atoms with Crippen LogP contribution in [-0.2, 0) is 42.6 Å². The van der Waals surface area contributed by atoms with Crippen LogP contribution in [0.1, 0.15) is 65.2 Å². The van der Waals surface area contributed by atoms with Crippen molar-refractivity contribution in [3.05, 3.63) is 0 Å². The lowest BCUT2D eigenvalue weighted by Crippen LogP contribution is -2.15. The summed E-state index contributed by atoms with van der Waals surface area (Å²) in [4.78, 5) is 0. The second-order valence-corrected chi connectivity index (χ2v) is 8.63. The van der Waals surface area contributed by atoms with E-state index >= 15 is 0 Å². The average Bonchev–Trinajstić information content (AvgIpc) is 2.91. The molecule has 0 aromatic rings. The van der Waals surface area contributed by atoms with Gasteiger partial charge in [0, 0.05) is 13.2 Å². The molecule has 0 aromatic heterocycles. The van der Waals surface area contributed by atoms with Gasteiger partial charge in [-0.15, -0.1) is 0 Å². The van der Waals surface area contributed by atoms with Gasteiger partial charge in [0.15, 0.2) is 0 Å². The van der Waals surface area contributed by atoms with E-state index in [9.17, 15) is 0 Å². The van der Waals surface area contributed by atoms with Gasteiger partial charge in [0.1, 0.15) is 0 Å². The summed E-state index contributed by atoms with van der Waals surface area (Å²) in [5.41, 5.74) is 0. The first kappa shape index (κ1) is 36.6. The minimum Gasteiger partial charge on any atom is -0.379 e. The number of rotatable bonds is 34. The summed E-state index contributed by atoms with van der Waals surface area (Å²) in [6, 6.07) is 0. The molecule has 0 N–H and O–H groups in total. The Labute approximate surface area is 227 Å². The molecule has 224 valence electrons. The molecule has 0 unspecified atom stereocenters. The van der Waals surface area contributed by atoms with Crippen molar-refractivity contribution in [2.24, 2.45) is 0 Å². The highest BCUT2D eigenvalue weighted by molar-refractivity contribution is 4.44. The van der Waals surface area contributed by atoms with Crippen molar-refractivity contribution in [2.45, 2.75) is 65.2 Å². The van der Waals surface area contributed by atoms with E-state index in [-0.39, 0.29) is 0 Å². The molecule has 0 aliphatic carbocycles. The van der Waals surface area contributed by atoms with E-state index in [0.717, 1.165) is 32.5 Å². The van der Waals surface area contributed by atoms with Gasteiger partial charge >= 0.3 is 0 Å². The Morgan fingerprint density at radius 3 is 0.730 bits per heavy atom. The van der Waals surface area contributed by atoms with Crippen LogP contribution in [0.25, 0.3) is 0 Å². The lowest BCUT2D eigenvalue weighted by atomic mass is 10.1. The SMILES string of the molecule is CCCCCCCCOCCOCCOCCOCCOCCOCCOCCOCCOCCCC. The van der Waals surface area contributed by atoms with Crippen molar-refractivity contribution < 1.29 is 42.6 Å². The fourth-order valence-corrected chi connectivity index (χ4v) is 3.09. The number of hydrogen-bond acceptors (Lipinski definition) is 9. The summed E-state index contributed by atoms with van der Waals surface area (Å²) in [5.74, 6) is 0. The molecule has 0 amide bonds. The molecule has 0 aromatic carbocycles. The van der Waals surface area contributed by atoms with Crippen molar-refractivity contribution in [1.82, 2.24) is 0 Å². The number of unbranched alkanes of at least 4 members (excludes halogenated alkanes) is 6. The first-order valence-corrected chi connectivity index (χ1v) is 14.6. The molecule has 0 aliphatic rings. The topological polar surface area (TPSA) is 83.1 Å². The highest BCUT2D eigenvalue weighted by Crippen LogP contribution is 2.04. The van der Waals surface area contributed by atoms with Gasteiger partial charge in [-0.05, 0) is 12.8 Å². The molecule has 37 heavy (non-hydrogen) atoms. The van der Waals surface area contributed by atoms with Gasteiger partial charge < -0.3 is 42.6 Å². The first-order valence-electron chi connectivity index (χ1n) is 14.6. The normalized spacial score (nSPS) is 11.5. The zero-order valence-electron chi connectivity index (χ0n) is 24.1. The van der Waals surface area contributed by atoms with E-state index < -0.39 is 0 Å². The summed E-state index contributed by atoms with van der Waals surface area (Å²) in [5, 5.41) is 0. The number of ether oxygens (including phenoxy) is 9. The third kappa shape index (κ3) is 35.6. The van der Waals surface area contributed by atoms with Crippen LogP contribution in [0.15, 0.2) is 0 Å². The molecular formula is C28H58O9. The van der Waals surface area contributed by atoms with Gasteiger partial charge in [0.2, 0.25) is 0 Å². The highest BCUT2D eigenvalue weighted by Gasteiger charge is 1.96. The minimum atomic E-state index is 0.543. The molecule has 0 spiro atoms. The van der Waals surface area contributed by atoms with Crippen molar-refractivity contribution in [1.29, 1.82) is 0 Å². The van der Waals surface area contributed by atoms with Gasteiger partial charge in [-0.1, -0.05) is 52.4 Å². The third-order valence-electron chi connectivity index (χ3n) is 5.26. The molecule has 0 fully saturated rings. The van der Waals surface area contributed by atoms with Crippen LogP contribution in [0.2, 0.25) is 0 Å². The Balaban J connectivity index is 3.00.